The Bertz CT molecular complexity index is 1320. The molecule has 5 rings (SSSR count). The zero-order valence-electron chi connectivity index (χ0n) is 21.2. The summed E-state index contributed by atoms with van der Waals surface area (Å²) in [6.45, 7) is 10.7. The average molecular weight is 489 g/mol. The van der Waals surface area contributed by atoms with Gasteiger partial charge in [-0.15, -0.1) is 0 Å². The summed E-state index contributed by atoms with van der Waals surface area (Å²) < 4.78 is 29.0. The molecule has 0 amide bonds. The maximum Gasteiger partial charge on any atom is 0.243 e. The first-order valence-electron chi connectivity index (χ1n) is 12.8. The van der Waals surface area contributed by atoms with Crippen LogP contribution in [0.25, 0.3) is 11.1 Å². The Kier molecular flexibility index (Phi) is 6.60. The lowest BCUT2D eigenvalue weighted by Gasteiger charge is -2.56. The number of hydrogen-bond acceptors (Lipinski definition) is 3. The minimum Gasteiger partial charge on any atom is -0.295 e. The van der Waals surface area contributed by atoms with Crippen molar-refractivity contribution in [1.29, 1.82) is 0 Å². The van der Waals surface area contributed by atoms with Crippen LogP contribution in [-0.2, 0) is 10.0 Å². The van der Waals surface area contributed by atoms with Crippen LogP contribution < -0.4 is 0 Å². The van der Waals surface area contributed by atoms with Crippen molar-refractivity contribution < 1.29 is 8.42 Å². The van der Waals surface area contributed by atoms with Crippen LogP contribution in [0.5, 0.6) is 0 Å². The van der Waals surface area contributed by atoms with Gasteiger partial charge in [-0.3, -0.25) is 4.90 Å². The van der Waals surface area contributed by atoms with Gasteiger partial charge in [0.25, 0.3) is 0 Å². The molecule has 0 unspecified atom stereocenters. The first-order valence-corrected chi connectivity index (χ1v) is 14.2. The Balaban J connectivity index is 1.42. The highest BCUT2D eigenvalue weighted by Gasteiger charge is 2.48. The minimum absolute atomic E-state index is 0.204. The molecule has 184 valence electrons. The number of hydrogen-bond donors (Lipinski definition) is 0. The van der Waals surface area contributed by atoms with E-state index in [4.69, 9.17) is 0 Å². The maximum atomic E-state index is 13.6. The fourth-order valence-corrected chi connectivity index (χ4v) is 7.78. The average Bonchev–Trinajstić information content (AvgIpc) is 2.83. The van der Waals surface area contributed by atoms with Crippen molar-refractivity contribution >= 4 is 10.0 Å². The molecule has 5 heteroatoms. The number of fused-ring (bicyclic) bond motifs is 1. The van der Waals surface area contributed by atoms with Gasteiger partial charge in [0.1, 0.15) is 0 Å². The Morgan fingerprint density at radius 1 is 0.800 bits per heavy atom. The van der Waals surface area contributed by atoms with E-state index >= 15 is 0 Å². The quantitative estimate of drug-likeness (QED) is 0.458. The van der Waals surface area contributed by atoms with Gasteiger partial charge in [-0.05, 0) is 86.5 Å². The van der Waals surface area contributed by atoms with Crippen LogP contribution in [0.1, 0.15) is 47.9 Å². The molecule has 2 fully saturated rings. The lowest BCUT2D eigenvalue weighted by atomic mass is 9.75. The molecule has 0 N–H and O–H groups in total. The topological polar surface area (TPSA) is 40.6 Å². The highest BCUT2D eigenvalue weighted by Crippen LogP contribution is 2.43. The molecule has 2 heterocycles. The lowest BCUT2D eigenvalue weighted by molar-refractivity contribution is -0.0213. The van der Waals surface area contributed by atoms with Crippen molar-refractivity contribution in [3.63, 3.8) is 0 Å². The summed E-state index contributed by atoms with van der Waals surface area (Å²) in [4.78, 5) is 2.96. The van der Waals surface area contributed by atoms with Gasteiger partial charge in [-0.2, -0.15) is 4.31 Å². The second-order valence-electron chi connectivity index (χ2n) is 10.3. The fraction of sp³-hybridized carbons (Fsp3) is 0.400. The Morgan fingerprint density at radius 2 is 1.49 bits per heavy atom. The van der Waals surface area contributed by atoms with Crippen LogP contribution in [0.3, 0.4) is 0 Å². The molecule has 0 radical (unpaired) electrons. The van der Waals surface area contributed by atoms with E-state index in [1.165, 1.54) is 27.8 Å². The number of aryl methyl sites for hydroxylation is 2. The SMILES string of the molecule is Cc1ccccc1S(=O)(=O)N1CCCCN2[C@H](C)[C@@H](c3ccc(-c4cccc(C)c4C)cc3)[C@@H]2C1. The van der Waals surface area contributed by atoms with E-state index in [-0.39, 0.29) is 6.04 Å². The van der Waals surface area contributed by atoms with E-state index in [0.29, 0.717) is 29.9 Å². The second-order valence-corrected chi connectivity index (χ2v) is 12.2. The Morgan fingerprint density at radius 3 is 2.23 bits per heavy atom. The molecular formula is C30H36N2O2S. The third-order valence-corrected chi connectivity index (χ3v) is 10.3. The van der Waals surface area contributed by atoms with Crippen molar-refractivity contribution in [2.45, 2.75) is 63.4 Å². The molecule has 0 aliphatic carbocycles. The molecular weight excluding hydrogens is 452 g/mol. The van der Waals surface area contributed by atoms with Crippen molar-refractivity contribution in [2.24, 2.45) is 0 Å². The summed E-state index contributed by atoms with van der Waals surface area (Å²) >= 11 is 0. The second kappa shape index (κ2) is 9.53. The van der Waals surface area contributed by atoms with Gasteiger partial charge >= 0.3 is 0 Å². The van der Waals surface area contributed by atoms with Gasteiger partial charge < -0.3 is 0 Å². The predicted octanol–water partition coefficient (Wildman–Crippen LogP) is 5.92. The molecule has 35 heavy (non-hydrogen) atoms. The van der Waals surface area contributed by atoms with E-state index in [1.54, 1.807) is 10.4 Å². The third kappa shape index (κ3) is 4.35. The van der Waals surface area contributed by atoms with E-state index < -0.39 is 10.0 Å². The number of rotatable bonds is 4. The fourth-order valence-electron chi connectivity index (χ4n) is 6.06. The van der Waals surface area contributed by atoms with E-state index in [2.05, 4.69) is 68.1 Å². The standard InChI is InChI=1S/C30H36N2O2S/c1-21-11-9-12-27(23(21)3)25-14-16-26(17-15-25)30-24(4)32-19-8-7-18-31(20-28(30)32)35(33,34)29-13-6-5-10-22(29)2/h5-6,9-17,24,28,30H,7-8,18-20H2,1-4H3/t24-,28+,30+/m1/s1. The first-order chi connectivity index (χ1) is 16.8. The molecule has 2 aliphatic heterocycles. The molecule has 4 nitrogen and oxygen atoms in total. The normalized spacial score (nSPS) is 23.7. The molecule has 0 spiro atoms. The van der Waals surface area contributed by atoms with Gasteiger partial charge in [0, 0.05) is 31.1 Å². The van der Waals surface area contributed by atoms with E-state index in [9.17, 15) is 8.42 Å². The van der Waals surface area contributed by atoms with Crippen molar-refractivity contribution in [1.82, 2.24) is 9.21 Å². The molecule has 3 aromatic carbocycles. The van der Waals surface area contributed by atoms with Gasteiger partial charge in [0.15, 0.2) is 0 Å². The van der Waals surface area contributed by atoms with Crippen LogP contribution >= 0.6 is 0 Å². The van der Waals surface area contributed by atoms with Gasteiger partial charge in [-0.1, -0.05) is 60.7 Å². The largest absolute Gasteiger partial charge is 0.295 e. The number of nitrogens with zero attached hydrogens (tertiary/aromatic N) is 2. The zero-order valence-corrected chi connectivity index (χ0v) is 22.1. The summed E-state index contributed by atoms with van der Waals surface area (Å²) in [5.74, 6) is 0.329. The smallest absolute Gasteiger partial charge is 0.243 e. The van der Waals surface area contributed by atoms with Crippen LogP contribution in [-0.4, -0.2) is 49.3 Å². The van der Waals surface area contributed by atoms with Crippen molar-refractivity contribution in [3.8, 4) is 11.1 Å². The molecule has 3 aromatic rings. The van der Waals surface area contributed by atoms with Gasteiger partial charge in [-0.25, -0.2) is 8.42 Å². The summed E-state index contributed by atoms with van der Waals surface area (Å²) in [5.41, 5.74) is 7.26. The summed E-state index contributed by atoms with van der Waals surface area (Å²) in [5, 5.41) is 0. The highest BCUT2D eigenvalue weighted by molar-refractivity contribution is 7.89. The zero-order chi connectivity index (χ0) is 24.7. The van der Waals surface area contributed by atoms with E-state index in [0.717, 1.165) is 24.9 Å². The first kappa shape index (κ1) is 24.2. The monoisotopic (exact) mass is 488 g/mol. The van der Waals surface area contributed by atoms with E-state index in [1.807, 2.05) is 25.1 Å². The molecule has 2 saturated heterocycles. The van der Waals surface area contributed by atoms with Crippen LogP contribution in [0.15, 0.2) is 71.6 Å². The molecule has 0 saturated carbocycles. The maximum absolute atomic E-state index is 13.6. The molecule has 3 atom stereocenters. The number of benzene rings is 3. The van der Waals surface area contributed by atoms with Crippen LogP contribution in [0.2, 0.25) is 0 Å². The summed E-state index contributed by atoms with van der Waals surface area (Å²) in [7, 11) is -3.52. The highest BCUT2D eigenvalue weighted by atomic mass is 32.2. The summed E-state index contributed by atoms with van der Waals surface area (Å²) in [6, 6.07) is 23.4. The van der Waals surface area contributed by atoms with Crippen molar-refractivity contribution in [3.05, 3.63) is 89.0 Å². The molecule has 2 aliphatic rings. The summed E-state index contributed by atoms with van der Waals surface area (Å²) in [6.07, 6.45) is 1.93. The molecule has 0 aromatic heterocycles. The van der Waals surface area contributed by atoms with Gasteiger partial charge in [0.2, 0.25) is 10.0 Å². The predicted molar refractivity (Wildman–Crippen MR) is 143 cm³/mol. The third-order valence-electron chi connectivity index (χ3n) is 8.27. The Hall–Kier alpha value is -2.47. The molecule has 0 bridgehead atoms. The van der Waals surface area contributed by atoms with Gasteiger partial charge in [0.05, 0.1) is 4.90 Å². The number of sulfonamides is 1. The lowest BCUT2D eigenvalue weighted by Crippen LogP contribution is -2.65. The van der Waals surface area contributed by atoms with Crippen LogP contribution in [0, 0.1) is 20.8 Å². The minimum atomic E-state index is -3.52. The van der Waals surface area contributed by atoms with Crippen LogP contribution in [0.4, 0.5) is 0 Å². The van der Waals surface area contributed by atoms with Crippen molar-refractivity contribution in [2.75, 3.05) is 19.6 Å². The Labute approximate surface area is 210 Å².